The Kier molecular flexibility index (Phi) is 4.14. The molecule has 1 rings (SSSR count). The van der Waals surface area contributed by atoms with Crippen molar-refractivity contribution >= 4 is 23.2 Å². The highest BCUT2D eigenvalue weighted by Gasteiger charge is 2.19. The number of halogens is 4. The predicted molar refractivity (Wildman–Crippen MR) is 54.9 cm³/mol. The number of alkyl halides is 1. The SMILES string of the molecule is CCCC(Cl)c1c(Cl)ccc(F)c1F. The minimum Gasteiger partial charge on any atom is -0.204 e. The van der Waals surface area contributed by atoms with Crippen LogP contribution in [0, 0.1) is 11.6 Å². The van der Waals surface area contributed by atoms with Crippen molar-refractivity contribution in [2.24, 2.45) is 0 Å². The summed E-state index contributed by atoms with van der Waals surface area (Å²) < 4.78 is 26.2. The molecule has 0 heterocycles. The number of hydrogen-bond acceptors (Lipinski definition) is 0. The highest BCUT2D eigenvalue weighted by molar-refractivity contribution is 6.32. The Bertz CT molecular complexity index is 326. The maximum absolute atomic E-state index is 13.3. The monoisotopic (exact) mass is 238 g/mol. The van der Waals surface area contributed by atoms with Crippen LogP contribution in [0.15, 0.2) is 12.1 Å². The normalized spacial score (nSPS) is 12.9. The van der Waals surface area contributed by atoms with Crippen LogP contribution in [0.3, 0.4) is 0 Å². The molecule has 0 spiro atoms. The summed E-state index contributed by atoms with van der Waals surface area (Å²) in [5.41, 5.74) is 0.0650. The van der Waals surface area contributed by atoms with E-state index in [4.69, 9.17) is 23.2 Å². The van der Waals surface area contributed by atoms with Gasteiger partial charge >= 0.3 is 0 Å². The van der Waals surface area contributed by atoms with Crippen LogP contribution in [0.4, 0.5) is 8.78 Å². The van der Waals surface area contributed by atoms with E-state index < -0.39 is 17.0 Å². The first-order chi connectivity index (χ1) is 6.57. The second kappa shape index (κ2) is 4.94. The number of rotatable bonds is 3. The topological polar surface area (TPSA) is 0 Å². The van der Waals surface area contributed by atoms with E-state index >= 15 is 0 Å². The molecule has 1 atom stereocenters. The van der Waals surface area contributed by atoms with Crippen molar-refractivity contribution in [3.63, 3.8) is 0 Å². The standard InChI is InChI=1S/C10H10Cl2F2/c1-2-3-6(11)9-7(12)4-5-8(13)10(9)14/h4-6H,2-3H2,1H3. The molecule has 1 aromatic rings. The molecule has 1 unspecified atom stereocenters. The van der Waals surface area contributed by atoms with Crippen LogP contribution in [-0.4, -0.2) is 0 Å². The largest absolute Gasteiger partial charge is 0.204 e. The second-order valence-electron chi connectivity index (χ2n) is 3.01. The van der Waals surface area contributed by atoms with Crippen molar-refractivity contribution < 1.29 is 8.78 Å². The molecule has 0 N–H and O–H groups in total. The van der Waals surface area contributed by atoms with Gasteiger partial charge in [-0.3, -0.25) is 0 Å². The van der Waals surface area contributed by atoms with E-state index in [1.807, 2.05) is 6.92 Å². The van der Waals surface area contributed by atoms with Gasteiger partial charge in [0.05, 0.1) is 5.38 Å². The summed E-state index contributed by atoms with van der Waals surface area (Å²) in [5.74, 6) is -1.85. The Balaban J connectivity index is 3.11. The Morgan fingerprint density at radius 2 is 2.00 bits per heavy atom. The van der Waals surface area contributed by atoms with E-state index in [9.17, 15) is 8.78 Å². The van der Waals surface area contributed by atoms with Crippen LogP contribution in [-0.2, 0) is 0 Å². The van der Waals surface area contributed by atoms with Crippen molar-refractivity contribution in [1.82, 2.24) is 0 Å². The van der Waals surface area contributed by atoms with Gasteiger partial charge in [-0.05, 0) is 18.6 Å². The lowest BCUT2D eigenvalue weighted by Gasteiger charge is -2.11. The fraction of sp³-hybridized carbons (Fsp3) is 0.400. The molecule has 0 bridgehead atoms. The summed E-state index contributed by atoms with van der Waals surface area (Å²) in [6.07, 6.45) is 1.36. The second-order valence-corrected chi connectivity index (χ2v) is 3.95. The third-order valence-electron chi connectivity index (χ3n) is 1.93. The molecule has 1 aromatic carbocycles. The van der Waals surface area contributed by atoms with Crippen LogP contribution in [0.1, 0.15) is 30.7 Å². The smallest absolute Gasteiger partial charge is 0.164 e. The fourth-order valence-electron chi connectivity index (χ4n) is 1.23. The van der Waals surface area contributed by atoms with Crippen LogP contribution in [0.2, 0.25) is 5.02 Å². The van der Waals surface area contributed by atoms with Gasteiger partial charge in [-0.2, -0.15) is 0 Å². The molecule has 0 aliphatic carbocycles. The minimum atomic E-state index is -0.939. The summed E-state index contributed by atoms with van der Waals surface area (Å²) in [6.45, 7) is 1.92. The molecule has 0 nitrogen and oxygen atoms in total. The van der Waals surface area contributed by atoms with E-state index in [0.29, 0.717) is 6.42 Å². The van der Waals surface area contributed by atoms with Crippen molar-refractivity contribution in [2.45, 2.75) is 25.1 Å². The summed E-state index contributed by atoms with van der Waals surface area (Å²) in [5, 5.41) is -0.388. The molecule has 0 radical (unpaired) electrons. The number of hydrogen-bond donors (Lipinski definition) is 0. The third-order valence-corrected chi connectivity index (χ3v) is 2.70. The van der Waals surface area contributed by atoms with E-state index in [1.54, 1.807) is 0 Å². The minimum absolute atomic E-state index is 0.0650. The molecule has 0 aliphatic heterocycles. The third kappa shape index (κ3) is 2.37. The van der Waals surface area contributed by atoms with Crippen molar-refractivity contribution in [1.29, 1.82) is 0 Å². The maximum atomic E-state index is 13.3. The van der Waals surface area contributed by atoms with Crippen molar-refractivity contribution in [3.8, 4) is 0 Å². The summed E-state index contributed by atoms with van der Waals surface area (Å²) >= 11 is 11.6. The van der Waals surface area contributed by atoms with Crippen LogP contribution < -0.4 is 0 Å². The molecular formula is C10H10Cl2F2. The Hall–Kier alpha value is -0.340. The summed E-state index contributed by atoms with van der Waals surface area (Å²) in [6, 6.07) is 2.32. The van der Waals surface area contributed by atoms with Gasteiger partial charge in [0.1, 0.15) is 0 Å². The zero-order chi connectivity index (χ0) is 10.7. The van der Waals surface area contributed by atoms with E-state index in [1.165, 1.54) is 6.07 Å². The highest BCUT2D eigenvalue weighted by Crippen LogP contribution is 2.34. The van der Waals surface area contributed by atoms with Gasteiger partial charge < -0.3 is 0 Å². The first-order valence-corrected chi connectivity index (χ1v) is 5.16. The lowest BCUT2D eigenvalue weighted by Crippen LogP contribution is -1.99. The first kappa shape index (κ1) is 11.7. The summed E-state index contributed by atoms with van der Waals surface area (Å²) in [7, 11) is 0. The molecule has 0 aromatic heterocycles. The van der Waals surface area contributed by atoms with Gasteiger partial charge in [-0.25, -0.2) is 8.78 Å². The van der Waals surface area contributed by atoms with Gasteiger partial charge in [-0.1, -0.05) is 24.9 Å². The van der Waals surface area contributed by atoms with E-state index in [0.717, 1.165) is 12.5 Å². The quantitative estimate of drug-likeness (QED) is 0.529. The molecule has 4 heteroatoms. The zero-order valence-corrected chi connectivity index (χ0v) is 9.17. The van der Waals surface area contributed by atoms with Crippen LogP contribution in [0.25, 0.3) is 0 Å². The Morgan fingerprint density at radius 1 is 1.36 bits per heavy atom. The first-order valence-electron chi connectivity index (χ1n) is 4.35. The predicted octanol–water partition coefficient (Wildman–Crippen LogP) is 4.70. The average molecular weight is 239 g/mol. The van der Waals surface area contributed by atoms with Gasteiger partial charge in [0.2, 0.25) is 0 Å². The number of benzene rings is 1. The summed E-state index contributed by atoms with van der Waals surface area (Å²) in [4.78, 5) is 0. The molecule has 14 heavy (non-hydrogen) atoms. The maximum Gasteiger partial charge on any atom is 0.164 e. The van der Waals surface area contributed by atoms with E-state index in [-0.39, 0.29) is 10.6 Å². The van der Waals surface area contributed by atoms with Crippen LogP contribution in [0.5, 0.6) is 0 Å². The van der Waals surface area contributed by atoms with Gasteiger partial charge in [0, 0.05) is 10.6 Å². The molecule has 78 valence electrons. The fourth-order valence-corrected chi connectivity index (χ4v) is 1.99. The molecular weight excluding hydrogens is 229 g/mol. The zero-order valence-electron chi connectivity index (χ0n) is 7.66. The van der Waals surface area contributed by atoms with Crippen molar-refractivity contribution in [2.75, 3.05) is 0 Å². The molecule has 0 saturated heterocycles. The van der Waals surface area contributed by atoms with Gasteiger partial charge in [-0.15, -0.1) is 11.6 Å². The Labute approximate surface area is 91.8 Å². The van der Waals surface area contributed by atoms with Gasteiger partial charge in [0.25, 0.3) is 0 Å². The van der Waals surface area contributed by atoms with Crippen LogP contribution >= 0.6 is 23.2 Å². The molecule has 0 aliphatic rings. The average Bonchev–Trinajstić information content (AvgIpc) is 2.13. The lowest BCUT2D eigenvalue weighted by atomic mass is 10.1. The highest BCUT2D eigenvalue weighted by atomic mass is 35.5. The molecule has 0 amide bonds. The van der Waals surface area contributed by atoms with E-state index in [2.05, 4.69) is 0 Å². The molecule has 0 fully saturated rings. The van der Waals surface area contributed by atoms with Crippen molar-refractivity contribution in [3.05, 3.63) is 34.4 Å². The van der Waals surface area contributed by atoms with Gasteiger partial charge in [0.15, 0.2) is 11.6 Å². The Morgan fingerprint density at radius 3 is 2.57 bits per heavy atom. The molecule has 0 saturated carbocycles. The lowest BCUT2D eigenvalue weighted by molar-refractivity contribution is 0.495.